The van der Waals surface area contributed by atoms with E-state index < -0.39 is 0 Å². The molecule has 8 aromatic carbocycles. The minimum absolute atomic E-state index is 0.0502. The van der Waals surface area contributed by atoms with Crippen LogP contribution in [0, 0.1) is 6.92 Å². The summed E-state index contributed by atoms with van der Waals surface area (Å²) in [5.41, 5.74) is 24.6. The van der Waals surface area contributed by atoms with Crippen LogP contribution in [0.3, 0.4) is 0 Å². The summed E-state index contributed by atoms with van der Waals surface area (Å²) in [7, 11) is 0. The number of rotatable bonds is 21. The molecule has 0 saturated carbocycles. The maximum Gasteiger partial charge on any atom is 0.252 e. The molecule has 3 heterocycles. The molecule has 0 spiro atoms. The molecule has 5 heteroatoms. The van der Waals surface area contributed by atoms with Gasteiger partial charge in [-0.05, 0) is 206 Å². The lowest BCUT2D eigenvalue weighted by Gasteiger charge is -2.45. The number of benzene rings is 8. The summed E-state index contributed by atoms with van der Waals surface area (Å²) in [6.45, 7) is 18.4. The van der Waals surface area contributed by atoms with Crippen molar-refractivity contribution < 1.29 is 4.42 Å². The Hall–Kier alpha value is -6.98. The lowest BCUT2D eigenvalue weighted by atomic mass is 9.33. The molecule has 0 radical (unpaired) electrons. The van der Waals surface area contributed by atoms with Crippen LogP contribution in [0.5, 0.6) is 0 Å². The molecule has 9 aromatic rings. The first-order valence-electron chi connectivity index (χ1n) is 29.8. The fourth-order valence-electron chi connectivity index (χ4n) is 12.9. The molecular weight excluding hydrogens is 934 g/mol. The van der Waals surface area contributed by atoms with Gasteiger partial charge in [0.1, 0.15) is 11.2 Å². The standard InChI is InChI=1S/C72H80BN3O/c1-9-15-20-51-24-33-57(34-25-51)74(58-39-30-55(31-40-58)50(8)18-12-4)61-47-66-71-67(48-61)76(60-37-28-53(29-38-60)22-17-11-3)72-63(41-44-69-70(72)62-46-56(32-43-68(62)77-69)54(14-6)19-13-5)73(71)64-45-49(7)23-42-65(64)75(66)59-35-26-52(27-36-59)21-16-10-2/h23-48,50,54H,9-22H2,1-8H3. The van der Waals surface area contributed by atoms with Gasteiger partial charge in [0.15, 0.2) is 0 Å². The Kier molecular flexibility index (Phi) is 15.5. The van der Waals surface area contributed by atoms with Gasteiger partial charge in [0, 0.05) is 45.2 Å². The maximum atomic E-state index is 7.00. The van der Waals surface area contributed by atoms with E-state index in [0.717, 1.165) is 66.0 Å². The highest BCUT2D eigenvalue weighted by atomic mass is 16.3. The Balaban J connectivity index is 1.24. The smallest absolute Gasteiger partial charge is 0.252 e. The summed E-state index contributed by atoms with van der Waals surface area (Å²) in [5.74, 6) is 0.978. The maximum absolute atomic E-state index is 7.00. The van der Waals surface area contributed by atoms with Crippen molar-refractivity contribution in [2.45, 2.75) is 157 Å². The van der Waals surface area contributed by atoms with Crippen molar-refractivity contribution in [3.05, 3.63) is 191 Å². The zero-order valence-electron chi connectivity index (χ0n) is 47.4. The summed E-state index contributed by atoms with van der Waals surface area (Å²) in [4.78, 5) is 7.76. The predicted molar refractivity (Wildman–Crippen MR) is 334 cm³/mol. The molecule has 392 valence electrons. The van der Waals surface area contributed by atoms with E-state index in [-0.39, 0.29) is 6.71 Å². The molecule has 2 aliphatic rings. The van der Waals surface area contributed by atoms with Gasteiger partial charge in [0.25, 0.3) is 6.71 Å². The third kappa shape index (κ3) is 10.0. The fourth-order valence-corrected chi connectivity index (χ4v) is 12.9. The number of nitrogens with zero attached hydrogens (tertiary/aromatic N) is 3. The van der Waals surface area contributed by atoms with E-state index in [1.807, 2.05) is 0 Å². The normalized spacial score (nSPS) is 13.5. The Morgan fingerprint density at radius 3 is 1.61 bits per heavy atom. The van der Waals surface area contributed by atoms with Gasteiger partial charge in [-0.2, -0.15) is 0 Å². The molecule has 0 fully saturated rings. The van der Waals surface area contributed by atoms with Crippen LogP contribution in [0.2, 0.25) is 0 Å². The van der Waals surface area contributed by atoms with Crippen molar-refractivity contribution in [1.82, 2.24) is 0 Å². The number of aryl methyl sites for hydroxylation is 4. The van der Waals surface area contributed by atoms with Gasteiger partial charge in [-0.15, -0.1) is 0 Å². The third-order valence-corrected chi connectivity index (χ3v) is 17.2. The van der Waals surface area contributed by atoms with E-state index in [1.165, 1.54) is 147 Å². The van der Waals surface area contributed by atoms with Crippen LogP contribution >= 0.6 is 0 Å². The highest BCUT2D eigenvalue weighted by Crippen LogP contribution is 2.51. The molecular formula is C72H80BN3O. The largest absolute Gasteiger partial charge is 0.456 e. The third-order valence-electron chi connectivity index (χ3n) is 17.2. The van der Waals surface area contributed by atoms with Gasteiger partial charge in [-0.1, -0.05) is 159 Å². The number of unbranched alkanes of at least 4 members (excludes halogenated alkanes) is 3. The number of furan rings is 1. The molecule has 0 bridgehead atoms. The van der Waals surface area contributed by atoms with Crippen LogP contribution in [-0.4, -0.2) is 6.71 Å². The molecule has 2 aliphatic heterocycles. The quantitative estimate of drug-likeness (QED) is 0.0669. The highest BCUT2D eigenvalue weighted by Gasteiger charge is 2.45. The molecule has 4 nitrogen and oxygen atoms in total. The second-order valence-electron chi connectivity index (χ2n) is 22.6. The van der Waals surface area contributed by atoms with Crippen LogP contribution < -0.4 is 31.1 Å². The van der Waals surface area contributed by atoms with Crippen molar-refractivity contribution in [3.8, 4) is 0 Å². The topological polar surface area (TPSA) is 22.9 Å². The van der Waals surface area contributed by atoms with E-state index in [0.29, 0.717) is 11.8 Å². The lowest BCUT2D eigenvalue weighted by Crippen LogP contribution is -2.61. The van der Waals surface area contributed by atoms with Crippen LogP contribution in [0.4, 0.5) is 51.2 Å². The van der Waals surface area contributed by atoms with E-state index >= 15 is 0 Å². The van der Waals surface area contributed by atoms with Crippen molar-refractivity contribution in [1.29, 1.82) is 0 Å². The number of hydrogen-bond donors (Lipinski definition) is 0. The lowest BCUT2D eigenvalue weighted by molar-refractivity contribution is 0.596. The van der Waals surface area contributed by atoms with Crippen molar-refractivity contribution in [3.63, 3.8) is 0 Å². The van der Waals surface area contributed by atoms with Crippen molar-refractivity contribution >= 4 is 96.2 Å². The molecule has 2 atom stereocenters. The average Bonchev–Trinajstić information content (AvgIpc) is 4.07. The van der Waals surface area contributed by atoms with Crippen molar-refractivity contribution in [2.24, 2.45) is 0 Å². The van der Waals surface area contributed by atoms with E-state index in [1.54, 1.807) is 0 Å². The molecule has 0 N–H and O–H groups in total. The second-order valence-corrected chi connectivity index (χ2v) is 22.6. The average molecular weight is 1010 g/mol. The van der Waals surface area contributed by atoms with Crippen LogP contribution in [0.25, 0.3) is 21.9 Å². The highest BCUT2D eigenvalue weighted by molar-refractivity contribution is 7.00. The zero-order valence-corrected chi connectivity index (χ0v) is 47.4. The molecule has 11 rings (SSSR count). The molecule has 0 saturated heterocycles. The van der Waals surface area contributed by atoms with Gasteiger partial charge in [-0.3, -0.25) is 0 Å². The summed E-state index contributed by atoms with van der Waals surface area (Å²) in [5, 5.41) is 2.38. The predicted octanol–water partition coefficient (Wildman–Crippen LogP) is 19.7. The molecule has 77 heavy (non-hydrogen) atoms. The molecule has 2 unspecified atom stereocenters. The van der Waals surface area contributed by atoms with Gasteiger partial charge in [-0.25, -0.2) is 0 Å². The monoisotopic (exact) mass is 1010 g/mol. The second kappa shape index (κ2) is 22.9. The Bertz CT molecular complexity index is 3480. The first-order chi connectivity index (χ1) is 37.7. The Morgan fingerprint density at radius 1 is 0.481 bits per heavy atom. The van der Waals surface area contributed by atoms with Crippen LogP contribution in [0.15, 0.2) is 162 Å². The Labute approximate surface area is 461 Å². The van der Waals surface area contributed by atoms with E-state index in [2.05, 4.69) is 228 Å². The minimum atomic E-state index is -0.0502. The summed E-state index contributed by atoms with van der Waals surface area (Å²) < 4.78 is 7.00. The number of fused-ring (bicyclic) bond motifs is 8. The summed E-state index contributed by atoms with van der Waals surface area (Å²) >= 11 is 0. The first-order valence-corrected chi connectivity index (χ1v) is 29.8. The molecule has 0 amide bonds. The van der Waals surface area contributed by atoms with Gasteiger partial charge in [0.05, 0.1) is 16.8 Å². The van der Waals surface area contributed by atoms with E-state index in [4.69, 9.17) is 4.42 Å². The summed E-state index contributed by atoms with van der Waals surface area (Å²) in [6, 6.07) is 62.0. The summed E-state index contributed by atoms with van der Waals surface area (Å²) in [6.07, 6.45) is 16.1. The SMILES string of the molecule is CCCCc1ccc(N(c2ccc(C(C)CCC)cc2)c2cc3c4c(c2)N(c2ccc(CCCC)cc2)c2c(ccc5oc6ccc(C(CC)CCC)cc6c25)B4c2cc(C)ccc2N3c2ccc(CCCC)cc2)cc1. The van der Waals surface area contributed by atoms with Crippen LogP contribution in [-0.2, 0) is 19.3 Å². The van der Waals surface area contributed by atoms with Gasteiger partial charge in [0.2, 0.25) is 0 Å². The van der Waals surface area contributed by atoms with Crippen molar-refractivity contribution in [2.75, 3.05) is 14.7 Å². The number of hydrogen-bond acceptors (Lipinski definition) is 4. The Morgan fingerprint density at radius 2 is 1.03 bits per heavy atom. The number of anilines is 9. The first kappa shape index (κ1) is 52.1. The van der Waals surface area contributed by atoms with Gasteiger partial charge >= 0.3 is 0 Å². The zero-order chi connectivity index (χ0) is 53.2. The van der Waals surface area contributed by atoms with Crippen LogP contribution in [0.1, 0.15) is 164 Å². The molecule has 0 aliphatic carbocycles. The minimum Gasteiger partial charge on any atom is -0.456 e. The van der Waals surface area contributed by atoms with E-state index in [9.17, 15) is 0 Å². The fraction of sp³-hybridized carbons (Fsp3) is 0.333. The van der Waals surface area contributed by atoms with Gasteiger partial charge < -0.3 is 19.1 Å². The molecule has 1 aromatic heterocycles.